The van der Waals surface area contributed by atoms with E-state index in [1.807, 2.05) is 6.92 Å². The van der Waals surface area contributed by atoms with Crippen LogP contribution in [0.3, 0.4) is 0 Å². The Bertz CT molecular complexity index is 483. The lowest BCUT2D eigenvalue weighted by molar-refractivity contribution is 0.364. The van der Waals surface area contributed by atoms with Gasteiger partial charge in [-0.2, -0.15) is 0 Å². The van der Waals surface area contributed by atoms with Crippen molar-refractivity contribution in [2.45, 2.75) is 19.5 Å². The Labute approximate surface area is 98.7 Å². The van der Waals surface area contributed by atoms with E-state index in [0.29, 0.717) is 6.54 Å². The summed E-state index contributed by atoms with van der Waals surface area (Å²) >= 11 is 0. The first kappa shape index (κ1) is 11.5. The molecule has 3 N–H and O–H groups in total. The third-order valence-corrected chi connectivity index (χ3v) is 2.55. The van der Waals surface area contributed by atoms with Crippen LogP contribution in [0.4, 0.5) is 0 Å². The maximum absolute atomic E-state index is 9.68. The highest BCUT2D eigenvalue weighted by Gasteiger charge is 2.11. The average molecular weight is 234 g/mol. The van der Waals surface area contributed by atoms with Gasteiger partial charge in [0, 0.05) is 23.7 Å². The molecular formula is C12H14N2O3. The molecule has 0 radical (unpaired) electrons. The Morgan fingerprint density at radius 1 is 1.35 bits per heavy atom. The van der Waals surface area contributed by atoms with Crippen LogP contribution in [0.25, 0.3) is 0 Å². The first-order valence-corrected chi connectivity index (χ1v) is 5.31. The molecule has 0 spiro atoms. The number of hydrogen-bond donors (Lipinski definition) is 3. The van der Waals surface area contributed by atoms with Gasteiger partial charge in [0.2, 0.25) is 0 Å². The van der Waals surface area contributed by atoms with E-state index in [9.17, 15) is 10.2 Å². The Balaban J connectivity index is 2.01. The molecular weight excluding hydrogens is 220 g/mol. The molecule has 5 nitrogen and oxygen atoms in total. The van der Waals surface area contributed by atoms with E-state index in [4.69, 9.17) is 4.52 Å². The van der Waals surface area contributed by atoms with E-state index in [-0.39, 0.29) is 17.5 Å². The van der Waals surface area contributed by atoms with E-state index in [2.05, 4.69) is 10.5 Å². The molecule has 0 aliphatic rings. The van der Waals surface area contributed by atoms with Gasteiger partial charge in [0.15, 0.2) is 0 Å². The Kier molecular flexibility index (Phi) is 3.30. The van der Waals surface area contributed by atoms with Gasteiger partial charge in [-0.15, -0.1) is 0 Å². The fraction of sp³-hybridized carbons (Fsp3) is 0.250. The zero-order valence-electron chi connectivity index (χ0n) is 9.42. The molecule has 0 aliphatic carbocycles. The number of hydrogen-bond acceptors (Lipinski definition) is 5. The van der Waals surface area contributed by atoms with Crippen LogP contribution in [0.1, 0.15) is 24.3 Å². The number of phenols is 2. The fourth-order valence-corrected chi connectivity index (χ4v) is 1.60. The monoisotopic (exact) mass is 234 g/mol. The van der Waals surface area contributed by atoms with Crippen molar-refractivity contribution in [2.75, 3.05) is 0 Å². The second-order valence-corrected chi connectivity index (χ2v) is 3.82. The molecule has 1 atom stereocenters. The van der Waals surface area contributed by atoms with Crippen LogP contribution in [-0.2, 0) is 6.54 Å². The van der Waals surface area contributed by atoms with E-state index in [0.717, 1.165) is 11.3 Å². The summed E-state index contributed by atoms with van der Waals surface area (Å²) < 4.78 is 4.95. The average Bonchev–Trinajstić information content (AvgIpc) is 2.78. The smallest absolute Gasteiger partial charge is 0.150 e. The van der Waals surface area contributed by atoms with Gasteiger partial charge in [-0.25, -0.2) is 0 Å². The van der Waals surface area contributed by atoms with Gasteiger partial charge in [-0.3, -0.25) is 0 Å². The zero-order valence-corrected chi connectivity index (χ0v) is 9.42. The molecule has 1 unspecified atom stereocenters. The molecule has 90 valence electrons. The van der Waals surface area contributed by atoms with E-state index >= 15 is 0 Å². The molecule has 1 heterocycles. The van der Waals surface area contributed by atoms with Crippen LogP contribution in [0.5, 0.6) is 11.5 Å². The minimum Gasteiger partial charge on any atom is -0.508 e. The Morgan fingerprint density at radius 3 is 2.82 bits per heavy atom. The zero-order chi connectivity index (χ0) is 12.3. The van der Waals surface area contributed by atoms with E-state index < -0.39 is 0 Å². The van der Waals surface area contributed by atoms with Crippen molar-refractivity contribution in [3.63, 3.8) is 0 Å². The van der Waals surface area contributed by atoms with Crippen molar-refractivity contribution in [1.82, 2.24) is 10.5 Å². The maximum atomic E-state index is 9.68. The second-order valence-electron chi connectivity index (χ2n) is 3.82. The number of nitrogens with one attached hydrogen (secondary N) is 1. The molecule has 1 aromatic carbocycles. The molecule has 0 fully saturated rings. The highest BCUT2D eigenvalue weighted by atomic mass is 16.5. The predicted octanol–water partition coefficient (Wildman–Crippen LogP) is 1.94. The van der Waals surface area contributed by atoms with Gasteiger partial charge in [-0.05, 0) is 13.0 Å². The lowest BCUT2D eigenvalue weighted by Crippen LogP contribution is -2.17. The van der Waals surface area contributed by atoms with Crippen LogP contribution < -0.4 is 5.32 Å². The van der Waals surface area contributed by atoms with E-state index in [1.54, 1.807) is 24.4 Å². The summed E-state index contributed by atoms with van der Waals surface area (Å²) in [5, 5.41) is 25.7. The topological polar surface area (TPSA) is 78.5 Å². The van der Waals surface area contributed by atoms with Crippen LogP contribution in [0, 0.1) is 0 Å². The Hall–Kier alpha value is -2.01. The van der Waals surface area contributed by atoms with Gasteiger partial charge in [-0.1, -0.05) is 11.2 Å². The third-order valence-electron chi connectivity index (χ3n) is 2.55. The highest BCUT2D eigenvalue weighted by Crippen LogP contribution is 2.27. The highest BCUT2D eigenvalue weighted by molar-refractivity contribution is 5.40. The standard InChI is InChI=1S/C12H14N2O3/c1-8(13-7-10-4-5-14-17-10)11-3-2-9(15)6-12(11)16/h2-6,8,13,15-16H,7H2,1H3. The normalized spacial score (nSPS) is 12.5. The van der Waals surface area contributed by atoms with Gasteiger partial charge in [0.25, 0.3) is 0 Å². The summed E-state index contributed by atoms with van der Waals surface area (Å²) in [6.07, 6.45) is 1.58. The summed E-state index contributed by atoms with van der Waals surface area (Å²) in [7, 11) is 0. The van der Waals surface area contributed by atoms with Gasteiger partial charge < -0.3 is 20.1 Å². The summed E-state index contributed by atoms with van der Waals surface area (Å²) in [6, 6.07) is 6.27. The molecule has 0 bridgehead atoms. The summed E-state index contributed by atoms with van der Waals surface area (Å²) in [4.78, 5) is 0. The summed E-state index contributed by atoms with van der Waals surface area (Å²) in [6.45, 7) is 2.45. The number of aromatic hydroxyl groups is 2. The Morgan fingerprint density at radius 2 is 2.18 bits per heavy atom. The molecule has 0 amide bonds. The number of aromatic nitrogens is 1. The van der Waals surface area contributed by atoms with Crippen LogP contribution in [0.2, 0.25) is 0 Å². The minimum absolute atomic E-state index is 0.0497. The minimum atomic E-state index is -0.0549. The van der Waals surface area contributed by atoms with Gasteiger partial charge in [0.05, 0.1) is 12.7 Å². The summed E-state index contributed by atoms with van der Waals surface area (Å²) in [5.41, 5.74) is 0.724. The second kappa shape index (κ2) is 4.88. The van der Waals surface area contributed by atoms with Gasteiger partial charge >= 0.3 is 0 Å². The summed E-state index contributed by atoms with van der Waals surface area (Å²) in [5.74, 6) is 0.853. The first-order chi connectivity index (χ1) is 8.16. The van der Waals surface area contributed by atoms with Crippen LogP contribution in [-0.4, -0.2) is 15.4 Å². The molecule has 1 aromatic heterocycles. The van der Waals surface area contributed by atoms with Gasteiger partial charge in [0.1, 0.15) is 17.3 Å². The molecule has 17 heavy (non-hydrogen) atoms. The van der Waals surface area contributed by atoms with Crippen LogP contribution in [0.15, 0.2) is 35.0 Å². The quantitative estimate of drug-likeness (QED) is 0.753. The molecule has 5 heteroatoms. The van der Waals surface area contributed by atoms with Crippen LogP contribution >= 0.6 is 0 Å². The predicted molar refractivity (Wildman–Crippen MR) is 61.5 cm³/mol. The molecule has 2 aromatic rings. The number of rotatable bonds is 4. The molecule has 0 aliphatic heterocycles. The van der Waals surface area contributed by atoms with Crippen molar-refractivity contribution in [3.8, 4) is 11.5 Å². The van der Waals surface area contributed by atoms with Crippen molar-refractivity contribution in [1.29, 1.82) is 0 Å². The lowest BCUT2D eigenvalue weighted by atomic mass is 10.1. The number of nitrogens with zero attached hydrogens (tertiary/aromatic N) is 1. The molecule has 0 saturated heterocycles. The van der Waals surface area contributed by atoms with Crippen molar-refractivity contribution >= 4 is 0 Å². The lowest BCUT2D eigenvalue weighted by Gasteiger charge is -2.14. The van der Waals surface area contributed by atoms with Crippen molar-refractivity contribution in [2.24, 2.45) is 0 Å². The van der Waals surface area contributed by atoms with Crippen molar-refractivity contribution < 1.29 is 14.7 Å². The number of benzene rings is 1. The molecule has 0 saturated carbocycles. The van der Waals surface area contributed by atoms with Crippen molar-refractivity contribution in [3.05, 3.63) is 41.8 Å². The number of phenolic OH excluding ortho intramolecular Hbond substituents is 2. The van der Waals surface area contributed by atoms with E-state index in [1.165, 1.54) is 6.07 Å². The fourth-order valence-electron chi connectivity index (χ4n) is 1.60. The maximum Gasteiger partial charge on any atom is 0.150 e. The molecule has 2 rings (SSSR count). The SMILES string of the molecule is CC(NCc1ccno1)c1ccc(O)cc1O. The first-order valence-electron chi connectivity index (χ1n) is 5.31. The third kappa shape index (κ3) is 2.76. The largest absolute Gasteiger partial charge is 0.508 e.